The van der Waals surface area contributed by atoms with Gasteiger partial charge in [0.05, 0.1) is 22.9 Å². The number of alkyl halides is 5. The minimum Gasteiger partial charge on any atom is -0.464 e. The summed E-state index contributed by atoms with van der Waals surface area (Å²) in [4.78, 5) is 15.5. The molecule has 2 aromatic heterocycles. The third-order valence-electron chi connectivity index (χ3n) is 5.34. The fraction of sp³-hybridized carbons (Fsp3) is 0.154. The van der Waals surface area contributed by atoms with Gasteiger partial charge in [-0.3, -0.25) is 9.78 Å². The third kappa shape index (κ3) is 5.19. The lowest BCUT2D eigenvalue weighted by atomic mass is 10.00. The highest BCUT2D eigenvalue weighted by Crippen LogP contribution is 2.37. The number of amides is 1. The van der Waals surface area contributed by atoms with Crippen LogP contribution in [0.4, 0.5) is 22.0 Å². The number of carbonyl (C=O) groups excluding carboxylic acids is 1. The summed E-state index contributed by atoms with van der Waals surface area (Å²) in [5.74, 6) is 0.728. The molecule has 2 aromatic carbocycles. The molecule has 1 unspecified atom stereocenters. The molecule has 4 aromatic rings. The molecule has 0 radical (unpaired) electrons. The van der Waals surface area contributed by atoms with Crippen molar-refractivity contribution in [2.75, 3.05) is 0 Å². The van der Waals surface area contributed by atoms with E-state index in [1.807, 2.05) is 11.4 Å². The van der Waals surface area contributed by atoms with Gasteiger partial charge in [0.25, 0.3) is 11.8 Å². The maximum atomic E-state index is 15.1. The molecule has 0 fully saturated rings. The van der Waals surface area contributed by atoms with Crippen LogP contribution in [0.1, 0.15) is 39.7 Å². The molecule has 0 saturated carbocycles. The zero-order valence-electron chi connectivity index (χ0n) is 18.5. The molecule has 0 saturated heterocycles. The van der Waals surface area contributed by atoms with Crippen LogP contribution in [0.3, 0.4) is 0 Å². The number of rotatable bonds is 4. The van der Waals surface area contributed by atoms with Crippen LogP contribution in [0.5, 0.6) is 0 Å². The first-order valence-corrected chi connectivity index (χ1v) is 10.8. The number of carbonyl (C=O) groups is 1. The fourth-order valence-corrected chi connectivity index (χ4v) is 3.77. The summed E-state index contributed by atoms with van der Waals surface area (Å²) >= 11 is 6.11. The van der Waals surface area contributed by atoms with Crippen molar-refractivity contribution in [1.29, 1.82) is 0 Å². The highest BCUT2D eigenvalue weighted by Gasteiger charge is 2.43. The molecule has 0 bridgehead atoms. The van der Waals surface area contributed by atoms with E-state index >= 15 is 8.78 Å². The van der Waals surface area contributed by atoms with Crippen LogP contribution in [0.15, 0.2) is 71.5 Å². The molecule has 184 valence electrons. The predicted molar refractivity (Wildman–Crippen MR) is 124 cm³/mol. The highest BCUT2D eigenvalue weighted by molar-refractivity contribution is 6.31. The predicted octanol–water partition coefficient (Wildman–Crippen LogP) is 6.81. The average Bonchev–Trinajstić information content (AvgIpc) is 3.30. The highest BCUT2D eigenvalue weighted by atomic mass is 35.5. The van der Waals surface area contributed by atoms with E-state index in [1.165, 1.54) is 12.1 Å². The van der Waals surface area contributed by atoms with Gasteiger partial charge in [0.1, 0.15) is 5.58 Å². The zero-order valence-corrected chi connectivity index (χ0v) is 19.2. The molecule has 4 rings (SSSR count). The number of aromatic nitrogens is 1. The zero-order chi connectivity index (χ0) is 26.1. The van der Waals surface area contributed by atoms with Gasteiger partial charge in [0.2, 0.25) is 0 Å². The Morgan fingerprint density at radius 3 is 2.42 bits per heavy atom. The summed E-state index contributed by atoms with van der Waals surface area (Å²) in [5.41, 5.74) is -1.18. The maximum Gasteiger partial charge on any atom is 0.434 e. The van der Waals surface area contributed by atoms with Crippen LogP contribution in [0.2, 0.25) is 5.02 Å². The van der Waals surface area contributed by atoms with Crippen molar-refractivity contribution < 1.29 is 31.2 Å². The Morgan fingerprint density at radius 2 is 1.72 bits per heavy atom. The van der Waals surface area contributed by atoms with Gasteiger partial charge < -0.3 is 9.73 Å². The minimum absolute atomic E-state index is 0.310. The number of hydrogen-bond donors (Lipinski definition) is 1. The van der Waals surface area contributed by atoms with Gasteiger partial charge in [0, 0.05) is 28.3 Å². The molecule has 1 atom stereocenters. The van der Waals surface area contributed by atoms with Gasteiger partial charge in [-0.2, -0.15) is 22.0 Å². The normalized spacial score (nSPS) is 12.6. The number of nitrogens with zero attached hydrogens (tertiary/aromatic N) is 1. The van der Waals surface area contributed by atoms with Crippen molar-refractivity contribution in [3.05, 3.63) is 100 Å². The van der Waals surface area contributed by atoms with Gasteiger partial charge in [-0.1, -0.05) is 29.5 Å². The SMILES string of the molecule is CC(NC(=O)c1cccnc1C(F)(F)F)C(F)(F)c1ccc(C#Cc2ccc3occc3c2)cc1Cl. The minimum atomic E-state index is -4.93. The van der Waals surface area contributed by atoms with E-state index in [0.29, 0.717) is 16.7 Å². The summed E-state index contributed by atoms with van der Waals surface area (Å²) in [5, 5.41) is 2.48. The van der Waals surface area contributed by atoms with Crippen molar-refractivity contribution in [3.63, 3.8) is 0 Å². The van der Waals surface area contributed by atoms with E-state index in [-0.39, 0.29) is 5.02 Å². The summed E-state index contributed by atoms with van der Waals surface area (Å²) in [6, 6.07) is 10.9. The summed E-state index contributed by atoms with van der Waals surface area (Å²) < 4.78 is 75.0. The van der Waals surface area contributed by atoms with Crippen molar-refractivity contribution in [2.45, 2.75) is 25.1 Å². The molecular weight excluding hydrogens is 503 g/mol. The van der Waals surface area contributed by atoms with Gasteiger partial charge in [-0.15, -0.1) is 0 Å². The topological polar surface area (TPSA) is 55.1 Å². The molecule has 0 spiro atoms. The van der Waals surface area contributed by atoms with E-state index in [2.05, 4.69) is 16.8 Å². The largest absolute Gasteiger partial charge is 0.464 e. The Kier molecular flexibility index (Phi) is 6.74. The Labute approximate surface area is 207 Å². The van der Waals surface area contributed by atoms with Crippen LogP contribution in [0, 0.1) is 11.8 Å². The molecule has 0 aliphatic rings. The lowest BCUT2D eigenvalue weighted by Crippen LogP contribution is -2.44. The molecule has 0 aliphatic carbocycles. The van der Waals surface area contributed by atoms with Crippen LogP contribution in [0.25, 0.3) is 11.0 Å². The monoisotopic (exact) mass is 518 g/mol. The van der Waals surface area contributed by atoms with Gasteiger partial charge in [-0.05, 0) is 55.5 Å². The van der Waals surface area contributed by atoms with Crippen LogP contribution in [-0.2, 0) is 12.1 Å². The van der Waals surface area contributed by atoms with Gasteiger partial charge in [-0.25, -0.2) is 0 Å². The fourth-order valence-electron chi connectivity index (χ4n) is 3.46. The smallest absolute Gasteiger partial charge is 0.434 e. The average molecular weight is 519 g/mol. The van der Waals surface area contributed by atoms with Crippen molar-refractivity contribution in [1.82, 2.24) is 10.3 Å². The van der Waals surface area contributed by atoms with Crippen LogP contribution in [-0.4, -0.2) is 16.9 Å². The second-order valence-electron chi connectivity index (χ2n) is 7.83. The van der Waals surface area contributed by atoms with E-state index in [9.17, 15) is 18.0 Å². The summed E-state index contributed by atoms with van der Waals surface area (Å²) in [6.45, 7) is 0.970. The Balaban J connectivity index is 1.53. The summed E-state index contributed by atoms with van der Waals surface area (Å²) in [6.07, 6.45) is -2.52. The van der Waals surface area contributed by atoms with Crippen LogP contribution >= 0.6 is 11.6 Å². The van der Waals surface area contributed by atoms with Crippen molar-refractivity contribution in [3.8, 4) is 11.8 Å². The number of halogens is 6. The Bertz CT molecular complexity index is 1500. The number of benzene rings is 2. The molecule has 10 heteroatoms. The lowest BCUT2D eigenvalue weighted by Gasteiger charge is -2.26. The third-order valence-corrected chi connectivity index (χ3v) is 5.66. The first-order chi connectivity index (χ1) is 17.0. The standard InChI is InChI=1S/C26H16ClF5N2O2/c1-15(34-24(35)19-3-2-11-33-23(19)26(30,31)32)25(28,29)20-8-6-17(14-21(20)27)5-4-16-7-9-22-18(13-16)10-12-36-22/h2-3,6-15H,1H3,(H,34,35). The van der Waals surface area contributed by atoms with Crippen LogP contribution < -0.4 is 5.32 Å². The maximum absolute atomic E-state index is 15.1. The number of hydrogen-bond acceptors (Lipinski definition) is 3. The number of fused-ring (bicyclic) bond motifs is 1. The van der Waals surface area contributed by atoms with E-state index in [0.717, 1.165) is 36.7 Å². The molecule has 0 aliphatic heterocycles. The van der Waals surface area contributed by atoms with Crippen molar-refractivity contribution in [2.24, 2.45) is 0 Å². The quantitative estimate of drug-likeness (QED) is 0.238. The number of pyridine rings is 1. The molecule has 1 amide bonds. The number of nitrogens with one attached hydrogen (secondary N) is 1. The Hall–Kier alpha value is -3.90. The molecular formula is C26H16ClF5N2O2. The molecule has 36 heavy (non-hydrogen) atoms. The second-order valence-corrected chi connectivity index (χ2v) is 8.24. The second kappa shape index (κ2) is 9.63. The van der Waals surface area contributed by atoms with E-state index < -0.39 is 40.9 Å². The summed E-state index contributed by atoms with van der Waals surface area (Å²) in [7, 11) is 0. The lowest BCUT2D eigenvalue weighted by molar-refractivity contribution is -0.141. The van der Waals surface area contributed by atoms with Crippen molar-refractivity contribution >= 4 is 28.5 Å². The molecule has 4 nitrogen and oxygen atoms in total. The first kappa shape index (κ1) is 25.2. The molecule has 2 heterocycles. The number of furan rings is 1. The Morgan fingerprint density at radius 1 is 1.03 bits per heavy atom. The molecule has 1 N–H and O–H groups in total. The van der Waals surface area contributed by atoms with Gasteiger partial charge >= 0.3 is 6.18 Å². The van der Waals surface area contributed by atoms with E-state index in [4.69, 9.17) is 16.0 Å². The van der Waals surface area contributed by atoms with E-state index in [1.54, 1.807) is 24.5 Å². The van der Waals surface area contributed by atoms with Gasteiger partial charge in [0.15, 0.2) is 5.69 Å². The first-order valence-electron chi connectivity index (χ1n) is 10.5.